The van der Waals surface area contributed by atoms with Crippen molar-refractivity contribution >= 4 is 32.6 Å². The van der Waals surface area contributed by atoms with Gasteiger partial charge in [0.2, 0.25) is 0 Å². The molecule has 5 heteroatoms. The zero-order valence-electron chi connectivity index (χ0n) is 13.7. The summed E-state index contributed by atoms with van der Waals surface area (Å²) in [6.45, 7) is 0. The number of rotatable bonds is 2. The Bertz CT molecular complexity index is 1250. The monoisotopic (exact) mass is 400 g/mol. The van der Waals surface area contributed by atoms with Gasteiger partial charge in [0.25, 0.3) is 0 Å². The lowest BCUT2D eigenvalue weighted by Gasteiger charge is -2.05. The number of nitrogens with zero attached hydrogens (tertiary/aromatic N) is 4. The van der Waals surface area contributed by atoms with Gasteiger partial charge in [-0.1, -0.05) is 70.5 Å². The fraction of sp³-hybridized carbons (Fsp3) is 0. The van der Waals surface area contributed by atoms with Crippen molar-refractivity contribution in [2.75, 3.05) is 0 Å². The fourth-order valence-corrected chi connectivity index (χ4v) is 3.48. The molecule has 0 atom stereocenters. The Morgan fingerprint density at radius 1 is 0.731 bits per heavy atom. The topological polar surface area (TPSA) is 43.1 Å². The van der Waals surface area contributed by atoms with E-state index in [1.807, 2.05) is 83.4 Å². The molecular formula is C21H13BrN4. The maximum Gasteiger partial charge on any atom is 0.182 e. The van der Waals surface area contributed by atoms with E-state index in [9.17, 15) is 0 Å². The third-order valence-electron chi connectivity index (χ3n) is 4.29. The SMILES string of the molecule is Brc1cccc(-c2nc3c(-c4ccccc4)nc4ccccc4n3n2)c1. The average molecular weight is 401 g/mol. The smallest absolute Gasteiger partial charge is 0.182 e. The molecule has 0 amide bonds. The molecule has 0 saturated carbocycles. The highest BCUT2D eigenvalue weighted by Crippen LogP contribution is 2.28. The Morgan fingerprint density at radius 2 is 1.50 bits per heavy atom. The summed E-state index contributed by atoms with van der Waals surface area (Å²) in [5, 5.41) is 4.78. The molecule has 2 heterocycles. The van der Waals surface area contributed by atoms with Crippen LogP contribution < -0.4 is 0 Å². The zero-order chi connectivity index (χ0) is 17.5. The van der Waals surface area contributed by atoms with Crippen molar-refractivity contribution in [3.8, 4) is 22.6 Å². The lowest BCUT2D eigenvalue weighted by molar-refractivity contribution is 1.00. The quantitative estimate of drug-likeness (QED) is 0.399. The molecule has 0 aliphatic heterocycles. The van der Waals surface area contributed by atoms with Gasteiger partial charge in [-0.05, 0) is 24.3 Å². The van der Waals surface area contributed by atoms with Crippen molar-refractivity contribution in [2.24, 2.45) is 0 Å². The zero-order valence-corrected chi connectivity index (χ0v) is 15.3. The van der Waals surface area contributed by atoms with Crippen LogP contribution >= 0.6 is 15.9 Å². The molecule has 0 radical (unpaired) electrons. The maximum atomic E-state index is 4.87. The molecule has 0 fully saturated rings. The van der Waals surface area contributed by atoms with Crippen LogP contribution in [0.1, 0.15) is 0 Å². The van der Waals surface area contributed by atoms with E-state index in [2.05, 4.69) is 15.9 Å². The molecule has 124 valence electrons. The highest BCUT2D eigenvalue weighted by atomic mass is 79.9. The van der Waals surface area contributed by atoms with Crippen LogP contribution in [0.3, 0.4) is 0 Å². The Labute approximate surface area is 158 Å². The van der Waals surface area contributed by atoms with Crippen LogP contribution in [-0.2, 0) is 0 Å². The second-order valence-corrected chi connectivity index (χ2v) is 6.91. The van der Waals surface area contributed by atoms with Crippen LogP contribution in [0, 0.1) is 0 Å². The minimum Gasteiger partial charge on any atom is -0.242 e. The van der Waals surface area contributed by atoms with Crippen LogP contribution in [-0.4, -0.2) is 19.6 Å². The summed E-state index contributed by atoms with van der Waals surface area (Å²) in [4.78, 5) is 9.68. The number of fused-ring (bicyclic) bond motifs is 3. The molecule has 0 unspecified atom stereocenters. The van der Waals surface area contributed by atoms with Gasteiger partial charge in [0.05, 0.1) is 11.0 Å². The lowest BCUT2D eigenvalue weighted by atomic mass is 10.1. The molecule has 0 saturated heterocycles. The minimum absolute atomic E-state index is 0.682. The molecule has 0 aliphatic carbocycles. The van der Waals surface area contributed by atoms with E-state index in [1.54, 1.807) is 0 Å². The fourth-order valence-electron chi connectivity index (χ4n) is 3.08. The molecule has 2 aromatic heterocycles. The number of aromatic nitrogens is 4. The molecule has 0 N–H and O–H groups in total. The lowest BCUT2D eigenvalue weighted by Crippen LogP contribution is -1.97. The second kappa shape index (κ2) is 6.04. The van der Waals surface area contributed by atoms with Crippen LogP contribution in [0.4, 0.5) is 0 Å². The molecule has 4 nitrogen and oxygen atoms in total. The first kappa shape index (κ1) is 15.2. The van der Waals surface area contributed by atoms with Gasteiger partial charge in [-0.3, -0.25) is 0 Å². The predicted molar refractivity (Wildman–Crippen MR) is 107 cm³/mol. The maximum absolute atomic E-state index is 4.87. The first-order valence-corrected chi connectivity index (χ1v) is 9.06. The number of halogens is 1. The molecule has 5 rings (SSSR count). The van der Waals surface area contributed by atoms with Crippen molar-refractivity contribution < 1.29 is 0 Å². The van der Waals surface area contributed by atoms with Crippen LogP contribution in [0.2, 0.25) is 0 Å². The Kier molecular flexibility index (Phi) is 3.53. The van der Waals surface area contributed by atoms with Gasteiger partial charge in [0, 0.05) is 15.6 Å². The first-order chi connectivity index (χ1) is 12.8. The summed E-state index contributed by atoms with van der Waals surface area (Å²) in [7, 11) is 0. The van der Waals surface area contributed by atoms with Gasteiger partial charge in [-0.25, -0.2) is 14.5 Å². The van der Waals surface area contributed by atoms with Gasteiger partial charge < -0.3 is 0 Å². The van der Waals surface area contributed by atoms with Gasteiger partial charge in [0.15, 0.2) is 11.5 Å². The van der Waals surface area contributed by atoms with E-state index < -0.39 is 0 Å². The highest BCUT2D eigenvalue weighted by Gasteiger charge is 2.15. The Balaban J connectivity index is 1.86. The van der Waals surface area contributed by atoms with Crippen molar-refractivity contribution in [1.82, 2.24) is 19.6 Å². The Hall–Kier alpha value is -3.05. The third kappa shape index (κ3) is 2.48. The molecule has 0 spiro atoms. The molecule has 5 aromatic rings. The van der Waals surface area contributed by atoms with Crippen molar-refractivity contribution in [3.05, 3.63) is 83.3 Å². The number of benzene rings is 3. The summed E-state index contributed by atoms with van der Waals surface area (Å²) in [5.41, 5.74) is 5.41. The van der Waals surface area contributed by atoms with Gasteiger partial charge in [0.1, 0.15) is 5.69 Å². The molecule has 3 aromatic carbocycles. The van der Waals surface area contributed by atoms with E-state index >= 15 is 0 Å². The minimum atomic E-state index is 0.682. The molecule has 26 heavy (non-hydrogen) atoms. The molecular weight excluding hydrogens is 388 g/mol. The van der Waals surface area contributed by atoms with Gasteiger partial charge in [-0.2, -0.15) is 0 Å². The summed E-state index contributed by atoms with van der Waals surface area (Å²) < 4.78 is 2.89. The van der Waals surface area contributed by atoms with Gasteiger partial charge >= 0.3 is 0 Å². The van der Waals surface area contributed by atoms with E-state index in [4.69, 9.17) is 15.1 Å². The second-order valence-electron chi connectivity index (χ2n) is 6.00. The van der Waals surface area contributed by atoms with Crippen LogP contribution in [0.15, 0.2) is 83.3 Å². The van der Waals surface area contributed by atoms with E-state index in [1.165, 1.54) is 0 Å². The normalized spacial score (nSPS) is 11.3. The van der Waals surface area contributed by atoms with Crippen molar-refractivity contribution in [3.63, 3.8) is 0 Å². The summed E-state index contributed by atoms with van der Waals surface area (Å²) in [5.74, 6) is 0.682. The Morgan fingerprint density at radius 3 is 2.35 bits per heavy atom. The first-order valence-electron chi connectivity index (χ1n) is 8.26. The van der Waals surface area contributed by atoms with Crippen molar-refractivity contribution in [1.29, 1.82) is 0 Å². The van der Waals surface area contributed by atoms with E-state index in [0.29, 0.717) is 5.82 Å². The number of hydrogen-bond donors (Lipinski definition) is 0. The molecule has 0 bridgehead atoms. The van der Waals surface area contributed by atoms with Crippen LogP contribution in [0.25, 0.3) is 39.3 Å². The molecule has 0 aliphatic rings. The summed E-state index contributed by atoms with van der Waals surface area (Å²) >= 11 is 3.52. The summed E-state index contributed by atoms with van der Waals surface area (Å²) in [6, 6.07) is 26.1. The van der Waals surface area contributed by atoms with E-state index in [-0.39, 0.29) is 0 Å². The van der Waals surface area contributed by atoms with Crippen molar-refractivity contribution in [2.45, 2.75) is 0 Å². The van der Waals surface area contributed by atoms with E-state index in [0.717, 1.165) is 38.0 Å². The highest BCUT2D eigenvalue weighted by molar-refractivity contribution is 9.10. The largest absolute Gasteiger partial charge is 0.242 e. The number of para-hydroxylation sites is 2. The predicted octanol–water partition coefficient (Wildman–Crippen LogP) is 5.37. The average Bonchev–Trinajstić information content (AvgIpc) is 3.14. The van der Waals surface area contributed by atoms with Gasteiger partial charge in [-0.15, -0.1) is 5.10 Å². The summed E-state index contributed by atoms with van der Waals surface area (Å²) in [6.07, 6.45) is 0. The van der Waals surface area contributed by atoms with Crippen LogP contribution in [0.5, 0.6) is 0 Å². The standard InChI is InChI=1S/C21H13BrN4/c22-16-10-6-9-15(13-16)20-24-21-19(14-7-2-1-3-8-14)23-17-11-4-5-12-18(17)26(21)25-20/h1-13H. The third-order valence-corrected chi connectivity index (χ3v) is 4.78. The number of hydrogen-bond acceptors (Lipinski definition) is 3.